The fourth-order valence-electron chi connectivity index (χ4n) is 0.849. The van der Waals surface area contributed by atoms with Crippen LogP contribution in [0.25, 0.3) is 0 Å². The lowest BCUT2D eigenvalue weighted by atomic mass is 10.1. The quantitative estimate of drug-likeness (QED) is 0.557. The SMILES string of the molecule is Cc1cc(CBr)c(C=O)cn1. The van der Waals surface area contributed by atoms with Gasteiger partial charge in [0.25, 0.3) is 0 Å². The molecule has 1 rings (SSSR count). The van der Waals surface area contributed by atoms with Crippen molar-refractivity contribution in [2.24, 2.45) is 0 Å². The minimum Gasteiger partial charge on any atom is -0.298 e. The van der Waals surface area contributed by atoms with Crippen LogP contribution >= 0.6 is 15.9 Å². The molecule has 2 nitrogen and oxygen atoms in total. The average molecular weight is 214 g/mol. The zero-order valence-corrected chi connectivity index (χ0v) is 7.76. The van der Waals surface area contributed by atoms with Gasteiger partial charge < -0.3 is 0 Å². The van der Waals surface area contributed by atoms with Crippen LogP contribution in [0.5, 0.6) is 0 Å². The topological polar surface area (TPSA) is 30.0 Å². The number of aryl methyl sites for hydroxylation is 1. The molecule has 0 fully saturated rings. The fourth-order valence-corrected chi connectivity index (χ4v) is 1.33. The summed E-state index contributed by atoms with van der Waals surface area (Å²) in [7, 11) is 0. The lowest BCUT2D eigenvalue weighted by molar-refractivity contribution is 0.112. The standard InChI is InChI=1S/C8H8BrNO/c1-6-2-7(3-9)8(5-11)4-10-6/h2,4-5H,3H2,1H3. The summed E-state index contributed by atoms with van der Waals surface area (Å²) in [6.07, 6.45) is 2.42. The normalized spacial score (nSPS) is 9.64. The van der Waals surface area contributed by atoms with Gasteiger partial charge in [-0.25, -0.2) is 0 Å². The maximum atomic E-state index is 10.4. The lowest BCUT2D eigenvalue weighted by Crippen LogP contribution is -1.92. The molecule has 0 N–H and O–H groups in total. The molecule has 11 heavy (non-hydrogen) atoms. The van der Waals surface area contributed by atoms with E-state index < -0.39 is 0 Å². The van der Waals surface area contributed by atoms with E-state index in [9.17, 15) is 4.79 Å². The highest BCUT2D eigenvalue weighted by Crippen LogP contribution is 2.10. The van der Waals surface area contributed by atoms with E-state index in [1.807, 2.05) is 13.0 Å². The second kappa shape index (κ2) is 3.62. The van der Waals surface area contributed by atoms with Crippen molar-refractivity contribution in [1.82, 2.24) is 4.98 Å². The van der Waals surface area contributed by atoms with E-state index in [2.05, 4.69) is 20.9 Å². The largest absolute Gasteiger partial charge is 0.298 e. The molecule has 1 heterocycles. The number of alkyl halides is 1. The van der Waals surface area contributed by atoms with Crippen LogP contribution in [0.3, 0.4) is 0 Å². The number of rotatable bonds is 2. The van der Waals surface area contributed by atoms with Crippen LogP contribution in [0, 0.1) is 6.92 Å². The molecular weight excluding hydrogens is 206 g/mol. The Balaban J connectivity index is 3.16. The number of pyridine rings is 1. The van der Waals surface area contributed by atoms with Gasteiger partial charge in [-0.05, 0) is 18.6 Å². The Morgan fingerprint density at radius 3 is 3.00 bits per heavy atom. The summed E-state index contributed by atoms with van der Waals surface area (Å²) in [5.74, 6) is 0. The summed E-state index contributed by atoms with van der Waals surface area (Å²) < 4.78 is 0. The Labute approximate surface area is 73.8 Å². The predicted molar refractivity (Wildman–Crippen MR) is 47.0 cm³/mol. The van der Waals surface area contributed by atoms with Crippen LogP contribution in [-0.2, 0) is 5.33 Å². The van der Waals surface area contributed by atoms with Crippen molar-refractivity contribution in [2.75, 3.05) is 0 Å². The molecule has 58 valence electrons. The van der Waals surface area contributed by atoms with Crippen molar-refractivity contribution >= 4 is 22.2 Å². The Morgan fingerprint density at radius 2 is 2.45 bits per heavy atom. The highest BCUT2D eigenvalue weighted by atomic mass is 79.9. The molecule has 0 amide bonds. The summed E-state index contributed by atoms with van der Waals surface area (Å²) in [6.45, 7) is 1.90. The first kappa shape index (κ1) is 8.40. The van der Waals surface area contributed by atoms with E-state index in [-0.39, 0.29) is 0 Å². The first-order valence-electron chi connectivity index (χ1n) is 3.24. The van der Waals surface area contributed by atoms with Crippen LogP contribution in [0.4, 0.5) is 0 Å². The first-order valence-corrected chi connectivity index (χ1v) is 4.36. The summed E-state index contributed by atoms with van der Waals surface area (Å²) in [6, 6.07) is 1.90. The third-order valence-electron chi connectivity index (χ3n) is 1.43. The van der Waals surface area contributed by atoms with E-state index in [4.69, 9.17) is 0 Å². The van der Waals surface area contributed by atoms with Crippen molar-refractivity contribution in [3.05, 3.63) is 29.1 Å². The number of aromatic nitrogens is 1. The van der Waals surface area contributed by atoms with Gasteiger partial charge in [-0.3, -0.25) is 9.78 Å². The Hall–Kier alpha value is -0.700. The van der Waals surface area contributed by atoms with Gasteiger partial charge in [0.2, 0.25) is 0 Å². The maximum absolute atomic E-state index is 10.4. The second-order valence-corrected chi connectivity index (χ2v) is 2.84. The van der Waals surface area contributed by atoms with Gasteiger partial charge in [0.15, 0.2) is 6.29 Å². The van der Waals surface area contributed by atoms with Crippen LogP contribution in [0.1, 0.15) is 21.6 Å². The average Bonchev–Trinajstić information content (AvgIpc) is 2.04. The van der Waals surface area contributed by atoms with E-state index in [0.717, 1.165) is 17.5 Å². The Bertz CT molecular complexity index is 273. The highest BCUT2D eigenvalue weighted by molar-refractivity contribution is 9.08. The van der Waals surface area contributed by atoms with Crippen LogP contribution in [-0.4, -0.2) is 11.3 Å². The van der Waals surface area contributed by atoms with Crippen LogP contribution in [0.2, 0.25) is 0 Å². The Kier molecular flexibility index (Phi) is 2.76. The summed E-state index contributed by atoms with van der Waals surface area (Å²) in [4.78, 5) is 14.4. The monoisotopic (exact) mass is 213 g/mol. The number of nitrogens with zero attached hydrogens (tertiary/aromatic N) is 1. The van der Waals surface area contributed by atoms with E-state index in [1.165, 1.54) is 0 Å². The molecule has 0 unspecified atom stereocenters. The van der Waals surface area contributed by atoms with Crippen LogP contribution < -0.4 is 0 Å². The molecule has 0 atom stereocenters. The second-order valence-electron chi connectivity index (χ2n) is 2.28. The van der Waals surface area contributed by atoms with E-state index in [0.29, 0.717) is 10.9 Å². The van der Waals surface area contributed by atoms with E-state index >= 15 is 0 Å². The van der Waals surface area contributed by atoms with Gasteiger partial charge in [0.05, 0.1) is 0 Å². The predicted octanol–water partition coefficient (Wildman–Crippen LogP) is 2.10. The van der Waals surface area contributed by atoms with Gasteiger partial charge >= 0.3 is 0 Å². The van der Waals surface area contributed by atoms with Gasteiger partial charge in [-0.15, -0.1) is 0 Å². The molecule has 0 spiro atoms. The number of halogens is 1. The fraction of sp³-hybridized carbons (Fsp3) is 0.250. The van der Waals surface area contributed by atoms with Crippen molar-refractivity contribution in [3.8, 4) is 0 Å². The summed E-state index contributed by atoms with van der Waals surface area (Å²) >= 11 is 3.30. The zero-order valence-electron chi connectivity index (χ0n) is 6.17. The number of carbonyl (C=O) groups excluding carboxylic acids is 1. The van der Waals surface area contributed by atoms with Crippen LogP contribution in [0.15, 0.2) is 12.3 Å². The third kappa shape index (κ3) is 1.87. The minimum atomic E-state index is 0.660. The molecule has 0 radical (unpaired) electrons. The summed E-state index contributed by atoms with van der Waals surface area (Å²) in [5.41, 5.74) is 2.59. The number of carbonyl (C=O) groups is 1. The first-order chi connectivity index (χ1) is 5.27. The summed E-state index contributed by atoms with van der Waals surface area (Å²) in [5, 5.41) is 0.699. The van der Waals surface area contributed by atoms with Crippen molar-refractivity contribution in [2.45, 2.75) is 12.3 Å². The van der Waals surface area contributed by atoms with Crippen molar-refractivity contribution in [3.63, 3.8) is 0 Å². The van der Waals surface area contributed by atoms with Gasteiger partial charge in [-0.1, -0.05) is 15.9 Å². The van der Waals surface area contributed by atoms with Gasteiger partial charge in [0.1, 0.15) is 0 Å². The van der Waals surface area contributed by atoms with E-state index in [1.54, 1.807) is 6.20 Å². The Morgan fingerprint density at radius 1 is 1.73 bits per heavy atom. The molecule has 0 aliphatic heterocycles. The van der Waals surface area contributed by atoms with Crippen molar-refractivity contribution in [1.29, 1.82) is 0 Å². The molecular formula is C8H8BrNO. The molecule has 0 saturated carbocycles. The zero-order chi connectivity index (χ0) is 8.27. The number of hydrogen-bond acceptors (Lipinski definition) is 2. The molecule has 0 saturated heterocycles. The molecule has 0 aliphatic rings. The molecule has 0 aromatic carbocycles. The molecule has 0 aliphatic carbocycles. The van der Waals surface area contributed by atoms with Gasteiger partial charge in [-0.2, -0.15) is 0 Å². The minimum absolute atomic E-state index is 0.660. The molecule has 3 heteroatoms. The van der Waals surface area contributed by atoms with Gasteiger partial charge in [0, 0.05) is 22.8 Å². The number of aldehydes is 1. The van der Waals surface area contributed by atoms with Crippen molar-refractivity contribution < 1.29 is 4.79 Å². The maximum Gasteiger partial charge on any atom is 0.151 e. The number of hydrogen-bond donors (Lipinski definition) is 0. The smallest absolute Gasteiger partial charge is 0.151 e. The molecule has 1 aromatic heterocycles. The highest BCUT2D eigenvalue weighted by Gasteiger charge is 1.99. The molecule has 1 aromatic rings. The lowest BCUT2D eigenvalue weighted by Gasteiger charge is -1.99. The molecule has 0 bridgehead atoms. The third-order valence-corrected chi connectivity index (χ3v) is 2.04.